The Hall–Kier alpha value is -1.26. The quantitative estimate of drug-likeness (QED) is 0.829. The summed E-state index contributed by atoms with van der Waals surface area (Å²) in [4.78, 5) is 11.6. The highest BCUT2D eigenvalue weighted by atomic mass is 35.5. The summed E-state index contributed by atoms with van der Waals surface area (Å²) in [7, 11) is 0. The lowest BCUT2D eigenvalue weighted by Crippen LogP contribution is -2.45. The lowest BCUT2D eigenvalue weighted by Gasteiger charge is -2.20. The average Bonchev–Trinajstić information content (AvgIpc) is 2.35. The minimum absolute atomic E-state index is 0.0219. The molecule has 0 aliphatic rings. The van der Waals surface area contributed by atoms with Crippen molar-refractivity contribution >= 4 is 17.5 Å². The van der Waals surface area contributed by atoms with Gasteiger partial charge in [0.05, 0.1) is 0 Å². The third-order valence-electron chi connectivity index (χ3n) is 2.59. The standard InChI is InChI=1S/C13H19ClN2O2/c1-9(2)12(7-15)16-13(17)8-18-11-5-3-10(14)4-6-11/h3-6,9,12H,7-8,15H2,1-2H3,(H,16,17). The molecule has 0 spiro atoms. The molecule has 1 rings (SSSR count). The van der Waals surface area contributed by atoms with E-state index in [0.29, 0.717) is 23.2 Å². The van der Waals surface area contributed by atoms with Gasteiger partial charge in [-0.1, -0.05) is 25.4 Å². The zero-order chi connectivity index (χ0) is 13.5. The molecule has 0 aliphatic carbocycles. The first kappa shape index (κ1) is 14.8. The van der Waals surface area contributed by atoms with Crippen molar-refractivity contribution in [3.05, 3.63) is 29.3 Å². The fourth-order valence-corrected chi connectivity index (χ4v) is 1.55. The number of amides is 1. The van der Waals surface area contributed by atoms with Gasteiger partial charge in [-0.15, -0.1) is 0 Å². The summed E-state index contributed by atoms with van der Waals surface area (Å²) < 4.78 is 5.34. The largest absolute Gasteiger partial charge is 0.484 e. The van der Waals surface area contributed by atoms with Gasteiger partial charge in [0.2, 0.25) is 0 Å². The number of nitrogens with two attached hydrogens (primary N) is 1. The summed E-state index contributed by atoms with van der Waals surface area (Å²) in [5.41, 5.74) is 5.58. The average molecular weight is 271 g/mol. The molecule has 1 unspecified atom stereocenters. The lowest BCUT2D eigenvalue weighted by molar-refractivity contribution is -0.124. The Morgan fingerprint density at radius 2 is 2.00 bits per heavy atom. The fourth-order valence-electron chi connectivity index (χ4n) is 1.43. The predicted octanol–water partition coefficient (Wildman–Crippen LogP) is 1.82. The Kier molecular flexibility index (Phi) is 5.95. The molecule has 1 aromatic rings. The monoisotopic (exact) mass is 270 g/mol. The highest BCUT2D eigenvalue weighted by molar-refractivity contribution is 6.30. The van der Waals surface area contributed by atoms with E-state index in [9.17, 15) is 4.79 Å². The van der Waals surface area contributed by atoms with Gasteiger partial charge < -0.3 is 15.8 Å². The molecule has 0 saturated heterocycles. The van der Waals surface area contributed by atoms with Crippen LogP contribution in [0, 0.1) is 5.92 Å². The Balaban J connectivity index is 2.39. The van der Waals surface area contributed by atoms with Gasteiger partial charge in [0.1, 0.15) is 5.75 Å². The van der Waals surface area contributed by atoms with Crippen LogP contribution >= 0.6 is 11.6 Å². The molecule has 1 amide bonds. The number of rotatable bonds is 6. The maximum atomic E-state index is 11.6. The van der Waals surface area contributed by atoms with Crippen molar-refractivity contribution in [2.75, 3.05) is 13.2 Å². The molecule has 18 heavy (non-hydrogen) atoms. The van der Waals surface area contributed by atoms with E-state index in [0.717, 1.165) is 0 Å². The second kappa shape index (κ2) is 7.24. The van der Waals surface area contributed by atoms with Crippen LogP contribution in [0.25, 0.3) is 0 Å². The van der Waals surface area contributed by atoms with E-state index in [-0.39, 0.29) is 18.6 Å². The van der Waals surface area contributed by atoms with Crippen LogP contribution in [0.15, 0.2) is 24.3 Å². The second-order valence-corrected chi connectivity index (χ2v) is 4.83. The summed E-state index contributed by atoms with van der Waals surface area (Å²) in [5, 5.41) is 3.47. The minimum Gasteiger partial charge on any atom is -0.484 e. The van der Waals surface area contributed by atoms with Crippen molar-refractivity contribution < 1.29 is 9.53 Å². The van der Waals surface area contributed by atoms with E-state index in [1.807, 2.05) is 13.8 Å². The van der Waals surface area contributed by atoms with Gasteiger partial charge in [0.25, 0.3) is 5.91 Å². The van der Waals surface area contributed by atoms with E-state index in [4.69, 9.17) is 22.1 Å². The second-order valence-electron chi connectivity index (χ2n) is 4.40. The van der Waals surface area contributed by atoms with Gasteiger partial charge in [-0.3, -0.25) is 4.79 Å². The first-order valence-electron chi connectivity index (χ1n) is 5.90. The van der Waals surface area contributed by atoms with Gasteiger partial charge in [-0.2, -0.15) is 0 Å². The van der Waals surface area contributed by atoms with Crippen LogP contribution in [-0.4, -0.2) is 25.1 Å². The van der Waals surface area contributed by atoms with Crippen molar-refractivity contribution in [2.24, 2.45) is 11.7 Å². The van der Waals surface area contributed by atoms with E-state index in [2.05, 4.69) is 5.32 Å². The Labute approximate surface area is 112 Å². The number of carbonyl (C=O) groups excluding carboxylic acids is 1. The maximum absolute atomic E-state index is 11.6. The van der Waals surface area contributed by atoms with Crippen molar-refractivity contribution in [2.45, 2.75) is 19.9 Å². The third-order valence-corrected chi connectivity index (χ3v) is 2.84. The number of ether oxygens (including phenoxy) is 1. The zero-order valence-corrected chi connectivity index (χ0v) is 11.4. The topological polar surface area (TPSA) is 64.3 Å². The maximum Gasteiger partial charge on any atom is 0.258 e. The van der Waals surface area contributed by atoms with Crippen LogP contribution in [-0.2, 0) is 4.79 Å². The molecule has 5 heteroatoms. The van der Waals surface area contributed by atoms with Crippen LogP contribution in [0.4, 0.5) is 0 Å². The normalized spacial score (nSPS) is 12.3. The van der Waals surface area contributed by atoms with E-state index < -0.39 is 0 Å². The molecule has 3 N–H and O–H groups in total. The molecule has 4 nitrogen and oxygen atoms in total. The molecule has 1 atom stereocenters. The van der Waals surface area contributed by atoms with Gasteiger partial charge in [-0.25, -0.2) is 0 Å². The zero-order valence-electron chi connectivity index (χ0n) is 10.7. The third kappa shape index (κ3) is 4.94. The molecule has 0 fully saturated rings. The number of benzene rings is 1. The first-order valence-corrected chi connectivity index (χ1v) is 6.28. The van der Waals surface area contributed by atoms with Crippen LogP contribution in [0.1, 0.15) is 13.8 Å². The molecule has 0 aromatic heterocycles. The van der Waals surface area contributed by atoms with Crippen LogP contribution in [0.2, 0.25) is 5.02 Å². The Morgan fingerprint density at radius 1 is 1.39 bits per heavy atom. The van der Waals surface area contributed by atoms with Crippen molar-refractivity contribution in [3.8, 4) is 5.75 Å². The molecule has 0 heterocycles. The summed E-state index contributed by atoms with van der Waals surface area (Å²) in [6.45, 7) is 4.42. The lowest BCUT2D eigenvalue weighted by atomic mass is 10.1. The Bertz CT molecular complexity index is 379. The number of hydrogen-bond acceptors (Lipinski definition) is 3. The number of hydrogen-bond donors (Lipinski definition) is 2. The number of halogens is 1. The van der Waals surface area contributed by atoms with Gasteiger partial charge in [0.15, 0.2) is 6.61 Å². The fraction of sp³-hybridized carbons (Fsp3) is 0.462. The van der Waals surface area contributed by atoms with Crippen LogP contribution in [0.5, 0.6) is 5.75 Å². The molecule has 0 saturated carbocycles. The molecule has 100 valence electrons. The van der Waals surface area contributed by atoms with E-state index in [1.54, 1.807) is 24.3 Å². The van der Waals surface area contributed by atoms with Crippen molar-refractivity contribution in [3.63, 3.8) is 0 Å². The summed E-state index contributed by atoms with van der Waals surface area (Å²) in [5.74, 6) is 0.743. The molecular weight excluding hydrogens is 252 g/mol. The van der Waals surface area contributed by atoms with Gasteiger partial charge >= 0.3 is 0 Å². The van der Waals surface area contributed by atoms with E-state index >= 15 is 0 Å². The number of carbonyl (C=O) groups is 1. The highest BCUT2D eigenvalue weighted by Gasteiger charge is 2.14. The predicted molar refractivity (Wildman–Crippen MR) is 72.8 cm³/mol. The smallest absolute Gasteiger partial charge is 0.258 e. The minimum atomic E-state index is -0.172. The summed E-state index contributed by atoms with van der Waals surface area (Å²) >= 11 is 5.75. The van der Waals surface area contributed by atoms with Gasteiger partial charge in [0, 0.05) is 17.6 Å². The number of nitrogens with one attached hydrogen (secondary N) is 1. The van der Waals surface area contributed by atoms with Crippen LogP contribution in [0.3, 0.4) is 0 Å². The molecule has 0 radical (unpaired) electrons. The summed E-state index contributed by atoms with van der Waals surface area (Å²) in [6.07, 6.45) is 0. The van der Waals surface area contributed by atoms with Crippen molar-refractivity contribution in [1.82, 2.24) is 5.32 Å². The summed E-state index contributed by atoms with van der Waals surface area (Å²) in [6, 6.07) is 6.85. The highest BCUT2D eigenvalue weighted by Crippen LogP contribution is 2.15. The van der Waals surface area contributed by atoms with Crippen molar-refractivity contribution in [1.29, 1.82) is 0 Å². The molecule has 1 aromatic carbocycles. The molecule has 0 bridgehead atoms. The SMILES string of the molecule is CC(C)C(CN)NC(=O)COc1ccc(Cl)cc1. The molecule has 0 aliphatic heterocycles. The Morgan fingerprint density at radius 3 is 2.50 bits per heavy atom. The molecular formula is C13H19ClN2O2. The van der Waals surface area contributed by atoms with Gasteiger partial charge in [-0.05, 0) is 30.2 Å². The van der Waals surface area contributed by atoms with Crippen LogP contribution < -0.4 is 15.8 Å². The van der Waals surface area contributed by atoms with E-state index in [1.165, 1.54) is 0 Å². The first-order chi connectivity index (χ1) is 8.52.